The van der Waals surface area contributed by atoms with Crippen LogP contribution in [0.3, 0.4) is 0 Å². The molecule has 0 saturated carbocycles. The summed E-state index contributed by atoms with van der Waals surface area (Å²) in [6, 6.07) is 12.4. The normalized spacial score (nSPS) is 11.0. The van der Waals surface area contributed by atoms with Crippen molar-refractivity contribution in [3.8, 4) is 11.5 Å². The molecule has 0 spiro atoms. The molecular formula is C18H20BrN3O3. The third-order valence-corrected chi connectivity index (χ3v) is 3.69. The lowest BCUT2D eigenvalue weighted by Crippen LogP contribution is -2.25. The van der Waals surface area contributed by atoms with Gasteiger partial charge in [-0.2, -0.15) is 5.10 Å². The van der Waals surface area contributed by atoms with Crippen LogP contribution in [0.5, 0.6) is 11.5 Å². The van der Waals surface area contributed by atoms with Crippen LogP contribution in [0.15, 0.2) is 52.0 Å². The molecule has 1 amide bonds. The monoisotopic (exact) mass is 405 g/mol. The first kappa shape index (κ1) is 19.0. The molecule has 2 N–H and O–H groups in total. The number of benzene rings is 2. The summed E-state index contributed by atoms with van der Waals surface area (Å²) >= 11 is 3.44. The van der Waals surface area contributed by atoms with E-state index < -0.39 is 0 Å². The number of hydrogen-bond acceptors (Lipinski definition) is 5. The predicted molar refractivity (Wildman–Crippen MR) is 101 cm³/mol. The first-order chi connectivity index (χ1) is 12.0. The van der Waals surface area contributed by atoms with E-state index >= 15 is 0 Å². The summed E-state index contributed by atoms with van der Waals surface area (Å²) in [7, 11) is 3.93. The Morgan fingerprint density at radius 1 is 1.32 bits per heavy atom. The summed E-state index contributed by atoms with van der Waals surface area (Å²) in [6.45, 7) is 0.544. The highest BCUT2D eigenvalue weighted by atomic mass is 79.9. The zero-order chi connectivity index (χ0) is 18.2. The van der Waals surface area contributed by atoms with Crippen molar-refractivity contribution in [2.24, 2.45) is 5.10 Å². The van der Waals surface area contributed by atoms with Crippen LogP contribution in [0, 0.1) is 0 Å². The summed E-state index contributed by atoms with van der Waals surface area (Å²) in [5, 5.41) is 13.4. The Hall–Kier alpha value is -2.38. The zero-order valence-electron chi connectivity index (χ0n) is 14.1. The molecule has 25 heavy (non-hydrogen) atoms. The van der Waals surface area contributed by atoms with E-state index in [1.54, 1.807) is 24.3 Å². The number of aromatic hydroxyl groups is 1. The summed E-state index contributed by atoms with van der Waals surface area (Å²) < 4.78 is 6.55. The molecule has 0 aliphatic rings. The smallest absolute Gasteiger partial charge is 0.277 e. The van der Waals surface area contributed by atoms with Gasteiger partial charge in [0.15, 0.2) is 6.61 Å². The first-order valence-corrected chi connectivity index (χ1v) is 8.41. The van der Waals surface area contributed by atoms with E-state index in [2.05, 4.69) is 26.5 Å². The average Bonchev–Trinajstić information content (AvgIpc) is 2.55. The number of phenols is 1. The molecule has 0 aliphatic carbocycles. The Labute approximate surface area is 155 Å². The number of hydrazone groups is 1. The highest BCUT2D eigenvalue weighted by Gasteiger charge is 2.08. The van der Waals surface area contributed by atoms with E-state index in [4.69, 9.17) is 4.74 Å². The quantitative estimate of drug-likeness (QED) is 0.548. The summed E-state index contributed by atoms with van der Waals surface area (Å²) in [6.07, 6.45) is 1.38. The summed E-state index contributed by atoms with van der Waals surface area (Å²) in [5.41, 5.74) is 3.87. The molecule has 0 aromatic heterocycles. The van der Waals surface area contributed by atoms with Gasteiger partial charge in [0.1, 0.15) is 11.5 Å². The molecule has 0 aliphatic heterocycles. The van der Waals surface area contributed by atoms with E-state index in [0.29, 0.717) is 17.9 Å². The Balaban J connectivity index is 1.91. The van der Waals surface area contributed by atoms with Gasteiger partial charge in [0.25, 0.3) is 5.91 Å². The topological polar surface area (TPSA) is 74.2 Å². The fourth-order valence-corrected chi connectivity index (χ4v) is 2.51. The molecule has 132 valence electrons. The summed E-state index contributed by atoms with van der Waals surface area (Å²) in [5.74, 6) is 0.363. The number of nitrogens with one attached hydrogen (secondary N) is 1. The van der Waals surface area contributed by atoms with E-state index in [0.717, 1.165) is 10.0 Å². The number of para-hydroxylation sites is 1. The molecule has 0 heterocycles. The van der Waals surface area contributed by atoms with Gasteiger partial charge in [0.2, 0.25) is 0 Å². The lowest BCUT2D eigenvalue weighted by atomic mass is 10.2. The van der Waals surface area contributed by atoms with Gasteiger partial charge < -0.3 is 14.7 Å². The predicted octanol–water partition coefficient (Wildman–Crippen LogP) is 2.75. The fourth-order valence-electron chi connectivity index (χ4n) is 2.10. The fraction of sp³-hybridized carbons (Fsp3) is 0.222. The van der Waals surface area contributed by atoms with Gasteiger partial charge in [-0.25, -0.2) is 5.43 Å². The maximum atomic E-state index is 11.9. The van der Waals surface area contributed by atoms with Crippen molar-refractivity contribution < 1.29 is 14.6 Å². The van der Waals surface area contributed by atoms with Gasteiger partial charge in [0.05, 0.1) is 6.21 Å². The Morgan fingerprint density at radius 3 is 2.80 bits per heavy atom. The number of nitrogens with zero attached hydrogens (tertiary/aromatic N) is 2. The van der Waals surface area contributed by atoms with Crippen molar-refractivity contribution in [3.63, 3.8) is 0 Å². The second-order valence-corrected chi connectivity index (χ2v) is 6.55. The third-order valence-electron chi connectivity index (χ3n) is 3.20. The maximum Gasteiger partial charge on any atom is 0.277 e. The van der Waals surface area contributed by atoms with E-state index in [9.17, 15) is 9.90 Å². The number of phenolic OH excluding ortho intramolecular Hbond substituents is 1. The highest BCUT2D eigenvalue weighted by molar-refractivity contribution is 9.10. The average molecular weight is 406 g/mol. The Morgan fingerprint density at radius 2 is 2.08 bits per heavy atom. The molecule has 6 nitrogen and oxygen atoms in total. The van der Waals surface area contributed by atoms with Gasteiger partial charge in [0, 0.05) is 22.1 Å². The van der Waals surface area contributed by atoms with E-state index in [1.807, 2.05) is 37.2 Å². The van der Waals surface area contributed by atoms with Crippen molar-refractivity contribution in [2.45, 2.75) is 6.54 Å². The maximum absolute atomic E-state index is 11.9. The zero-order valence-corrected chi connectivity index (χ0v) is 15.7. The van der Waals surface area contributed by atoms with Crippen molar-refractivity contribution in [3.05, 3.63) is 58.1 Å². The molecule has 0 unspecified atom stereocenters. The summed E-state index contributed by atoms with van der Waals surface area (Å²) in [4.78, 5) is 13.9. The molecule has 0 saturated heterocycles. The van der Waals surface area contributed by atoms with Crippen molar-refractivity contribution in [1.29, 1.82) is 0 Å². The molecule has 0 bridgehead atoms. The molecule has 0 radical (unpaired) electrons. The van der Waals surface area contributed by atoms with Crippen LogP contribution in [0.2, 0.25) is 0 Å². The van der Waals surface area contributed by atoms with Gasteiger partial charge in [-0.1, -0.05) is 28.1 Å². The van der Waals surface area contributed by atoms with Gasteiger partial charge in [-0.15, -0.1) is 0 Å². The van der Waals surface area contributed by atoms with Crippen LogP contribution < -0.4 is 10.2 Å². The van der Waals surface area contributed by atoms with Gasteiger partial charge in [-0.3, -0.25) is 4.79 Å². The van der Waals surface area contributed by atoms with Crippen LogP contribution in [-0.2, 0) is 11.3 Å². The number of ether oxygens (including phenoxy) is 1. The minimum atomic E-state index is -0.384. The molecule has 2 aromatic rings. The van der Waals surface area contributed by atoms with Crippen molar-refractivity contribution in [2.75, 3.05) is 20.7 Å². The van der Waals surface area contributed by atoms with Crippen LogP contribution >= 0.6 is 15.9 Å². The Bertz CT molecular complexity index is 763. The number of halogens is 1. The molecule has 7 heteroatoms. The second-order valence-electron chi connectivity index (χ2n) is 5.63. The number of hydrogen-bond donors (Lipinski definition) is 2. The van der Waals surface area contributed by atoms with E-state index in [-0.39, 0.29) is 18.3 Å². The number of rotatable bonds is 7. The highest BCUT2D eigenvalue weighted by Crippen LogP contribution is 2.24. The minimum absolute atomic E-state index is 0.0972. The van der Waals surface area contributed by atoms with Crippen LogP contribution in [0.25, 0.3) is 0 Å². The van der Waals surface area contributed by atoms with Crippen molar-refractivity contribution >= 4 is 28.1 Å². The van der Waals surface area contributed by atoms with Gasteiger partial charge >= 0.3 is 0 Å². The molecular weight excluding hydrogens is 386 g/mol. The Kier molecular flexibility index (Phi) is 6.97. The molecule has 2 rings (SSSR count). The number of amides is 1. The number of carbonyl (C=O) groups excluding carboxylic acids is 1. The lowest BCUT2D eigenvalue weighted by Gasteiger charge is -2.15. The lowest BCUT2D eigenvalue weighted by molar-refractivity contribution is -0.123. The minimum Gasteiger partial charge on any atom is -0.507 e. The first-order valence-electron chi connectivity index (χ1n) is 7.61. The SMILES string of the molecule is CN(C)Cc1cc(Br)ccc1OCC(=O)N/N=C/c1ccccc1O. The number of carbonyl (C=O) groups is 1. The second kappa shape index (κ2) is 9.19. The van der Waals surface area contributed by atoms with Crippen LogP contribution in [0.1, 0.15) is 11.1 Å². The molecule has 2 aromatic carbocycles. The van der Waals surface area contributed by atoms with Gasteiger partial charge in [-0.05, 0) is 44.4 Å². The molecule has 0 atom stereocenters. The van der Waals surface area contributed by atoms with E-state index in [1.165, 1.54) is 6.21 Å². The largest absolute Gasteiger partial charge is 0.507 e. The standard InChI is InChI=1S/C18H20BrN3O3/c1-22(2)11-14-9-15(19)7-8-17(14)25-12-18(24)21-20-10-13-5-3-4-6-16(13)23/h3-10,23H,11-12H2,1-2H3,(H,21,24)/b20-10+. The van der Waals surface area contributed by atoms with Crippen molar-refractivity contribution in [1.82, 2.24) is 10.3 Å². The molecule has 0 fully saturated rings. The van der Waals surface area contributed by atoms with Crippen LogP contribution in [0.4, 0.5) is 0 Å². The third kappa shape index (κ3) is 6.21. The van der Waals surface area contributed by atoms with Crippen LogP contribution in [-0.4, -0.2) is 42.8 Å².